The maximum Gasteiger partial charge on any atom is 0.343 e. The molecule has 3 rings (SSSR count). The number of carbonyl (C=O) groups is 1. The summed E-state index contributed by atoms with van der Waals surface area (Å²) in [5, 5.41) is 8.82. The molecule has 144 valence electrons. The molecular weight excluding hydrogens is 350 g/mol. The fraction of sp³-hybridized carbons (Fsp3) is 0.333. The highest BCUT2D eigenvalue weighted by molar-refractivity contribution is 5.91. The number of hydrogen-bond acceptors (Lipinski definition) is 4. The van der Waals surface area contributed by atoms with Crippen LogP contribution in [0.15, 0.2) is 60.7 Å². The number of methoxy groups -OCH3 is 1. The Hall–Kier alpha value is -2.90. The van der Waals surface area contributed by atoms with Gasteiger partial charge in [0.25, 0.3) is 0 Å². The van der Waals surface area contributed by atoms with Gasteiger partial charge >= 0.3 is 5.97 Å². The van der Waals surface area contributed by atoms with E-state index in [4.69, 9.17) is 14.7 Å². The van der Waals surface area contributed by atoms with E-state index in [-0.39, 0.29) is 5.97 Å². The molecular formula is C24H25NO3. The van der Waals surface area contributed by atoms with Gasteiger partial charge in [-0.05, 0) is 79.5 Å². The first-order chi connectivity index (χ1) is 13.7. The largest absolute Gasteiger partial charge is 0.423 e. The quantitative estimate of drug-likeness (QED) is 0.393. The van der Waals surface area contributed by atoms with E-state index in [1.807, 2.05) is 30.3 Å². The molecule has 0 unspecified atom stereocenters. The van der Waals surface area contributed by atoms with E-state index >= 15 is 0 Å². The molecule has 0 radical (unpaired) electrons. The Morgan fingerprint density at radius 3 is 2.36 bits per heavy atom. The Kier molecular flexibility index (Phi) is 7.00. The first-order valence-corrected chi connectivity index (χ1v) is 9.67. The van der Waals surface area contributed by atoms with Crippen molar-refractivity contribution in [2.75, 3.05) is 13.7 Å². The van der Waals surface area contributed by atoms with Crippen molar-refractivity contribution in [3.8, 4) is 11.8 Å². The predicted octanol–water partition coefficient (Wildman–Crippen LogP) is 5.25. The number of allylic oxidation sites excluding steroid dienone is 1. The summed E-state index contributed by atoms with van der Waals surface area (Å²) in [6.07, 6.45) is 9.09. The molecule has 0 amide bonds. The summed E-state index contributed by atoms with van der Waals surface area (Å²) in [6, 6.07) is 16.3. The molecule has 0 atom stereocenters. The summed E-state index contributed by atoms with van der Waals surface area (Å²) < 4.78 is 10.4. The SMILES string of the molecule is COCC=CC1CCC(c2ccc(C(=O)Oc3ccc(C#N)cc3)cc2)CC1. The Morgan fingerprint density at radius 2 is 1.75 bits per heavy atom. The molecule has 2 aromatic rings. The van der Waals surface area contributed by atoms with Gasteiger partial charge in [0, 0.05) is 7.11 Å². The topological polar surface area (TPSA) is 59.3 Å². The van der Waals surface area contributed by atoms with Gasteiger partial charge in [-0.2, -0.15) is 5.26 Å². The van der Waals surface area contributed by atoms with Crippen LogP contribution in [0.3, 0.4) is 0 Å². The van der Waals surface area contributed by atoms with Crippen LogP contribution in [-0.2, 0) is 4.74 Å². The van der Waals surface area contributed by atoms with Crippen molar-refractivity contribution in [2.45, 2.75) is 31.6 Å². The first kappa shape index (κ1) is 19.9. The van der Waals surface area contributed by atoms with Crippen molar-refractivity contribution in [1.29, 1.82) is 5.26 Å². The molecule has 1 aliphatic carbocycles. The highest BCUT2D eigenvalue weighted by atomic mass is 16.5. The number of rotatable bonds is 6. The van der Waals surface area contributed by atoms with Gasteiger partial charge in [-0.3, -0.25) is 0 Å². The minimum atomic E-state index is -0.386. The van der Waals surface area contributed by atoms with Crippen LogP contribution in [0.1, 0.15) is 53.1 Å². The average molecular weight is 375 g/mol. The number of carbonyl (C=O) groups excluding carboxylic acids is 1. The van der Waals surface area contributed by atoms with E-state index in [0.29, 0.717) is 35.3 Å². The zero-order valence-electron chi connectivity index (χ0n) is 16.1. The second-order valence-corrected chi connectivity index (χ2v) is 7.14. The highest BCUT2D eigenvalue weighted by Crippen LogP contribution is 2.36. The molecule has 0 heterocycles. The molecule has 4 heteroatoms. The summed E-state index contributed by atoms with van der Waals surface area (Å²) in [6.45, 7) is 0.681. The second kappa shape index (κ2) is 9.87. The Morgan fingerprint density at radius 1 is 1.07 bits per heavy atom. The Bertz CT molecular complexity index is 839. The monoisotopic (exact) mass is 375 g/mol. The van der Waals surface area contributed by atoms with E-state index in [0.717, 1.165) is 12.8 Å². The molecule has 1 aliphatic rings. The van der Waals surface area contributed by atoms with Crippen LogP contribution in [-0.4, -0.2) is 19.7 Å². The molecule has 1 fully saturated rings. The molecule has 0 aliphatic heterocycles. The van der Waals surface area contributed by atoms with E-state index in [1.165, 1.54) is 18.4 Å². The van der Waals surface area contributed by atoms with Crippen molar-refractivity contribution in [2.24, 2.45) is 5.92 Å². The van der Waals surface area contributed by atoms with Gasteiger partial charge in [0.1, 0.15) is 5.75 Å². The Labute approximate surface area is 166 Å². The fourth-order valence-corrected chi connectivity index (χ4v) is 3.64. The fourth-order valence-electron chi connectivity index (χ4n) is 3.64. The first-order valence-electron chi connectivity index (χ1n) is 9.67. The number of esters is 1. The number of nitrogens with zero attached hydrogens (tertiary/aromatic N) is 1. The van der Waals surface area contributed by atoms with Crippen LogP contribution >= 0.6 is 0 Å². The molecule has 0 aromatic heterocycles. The lowest BCUT2D eigenvalue weighted by atomic mass is 9.78. The van der Waals surface area contributed by atoms with Crippen LogP contribution in [0.5, 0.6) is 5.75 Å². The summed E-state index contributed by atoms with van der Waals surface area (Å²) >= 11 is 0. The molecule has 1 saturated carbocycles. The lowest BCUT2D eigenvalue weighted by molar-refractivity contribution is 0.0734. The molecule has 0 saturated heterocycles. The van der Waals surface area contributed by atoms with E-state index < -0.39 is 0 Å². The van der Waals surface area contributed by atoms with Gasteiger partial charge in [0.15, 0.2) is 0 Å². The zero-order chi connectivity index (χ0) is 19.8. The van der Waals surface area contributed by atoms with Gasteiger partial charge in [-0.25, -0.2) is 4.79 Å². The second-order valence-electron chi connectivity index (χ2n) is 7.14. The maximum atomic E-state index is 12.3. The van der Waals surface area contributed by atoms with Crippen LogP contribution < -0.4 is 4.74 Å². The standard InChI is InChI=1S/C24H25NO3/c1-27-16-2-3-18-4-8-20(9-5-18)21-10-12-22(13-11-21)24(26)28-23-14-6-19(17-25)7-15-23/h2-3,6-7,10-15,18,20H,4-5,8-9,16H2,1H3. The molecule has 0 N–H and O–H groups in total. The maximum absolute atomic E-state index is 12.3. The van der Waals surface area contributed by atoms with Crippen molar-refractivity contribution in [3.63, 3.8) is 0 Å². The van der Waals surface area contributed by atoms with Crippen molar-refractivity contribution in [3.05, 3.63) is 77.4 Å². The minimum absolute atomic E-state index is 0.386. The average Bonchev–Trinajstić information content (AvgIpc) is 2.75. The summed E-state index contributed by atoms with van der Waals surface area (Å²) in [5.74, 6) is 1.25. The van der Waals surface area contributed by atoms with Crippen molar-refractivity contribution < 1.29 is 14.3 Å². The van der Waals surface area contributed by atoms with E-state index in [2.05, 4.69) is 12.2 Å². The Balaban J connectivity index is 1.54. The van der Waals surface area contributed by atoms with Gasteiger partial charge in [0.2, 0.25) is 0 Å². The number of ether oxygens (including phenoxy) is 2. The van der Waals surface area contributed by atoms with Gasteiger partial charge in [-0.1, -0.05) is 24.3 Å². The summed E-state index contributed by atoms with van der Waals surface area (Å²) in [7, 11) is 1.71. The van der Waals surface area contributed by atoms with Crippen LogP contribution in [0.25, 0.3) is 0 Å². The number of hydrogen-bond donors (Lipinski definition) is 0. The zero-order valence-corrected chi connectivity index (χ0v) is 16.1. The third-order valence-electron chi connectivity index (χ3n) is 5.25. The van der Waals surface area contributed by atoms with Gasteiger partial charge < -0.3 is 9.47 Å². The minimum Gasteiger partial charge on any atom is -0.423 e. The van der Waals surface area contributed by atoms with Gasteiger partial charge in [0.05, 0.1) is 23.8 Å². The van der Waals surface area contributed by atoms with Crippen LogP contribution in [0.4, 0.5) is 0 Å². The molecule has 2 aromatic carbocycles. The van der Waals surface area contributed by atoms with Gasteiger partial charge in [-0.15, -0.1) is 0 Å². The summed E-state index contributed by atoms with van der Waals surface area (Å²) in [4.78, 5) is 12.3. The predicted molar refractivity (Wildman–Crippen MR) is 108 cm³/mol. The molecule has 0 bridgehead atoms. The lowest BCUT2D eigenvalue weighted by Gasteiger charge is -2.27. The molecule has 0 spiro atoms. The third kappa shape index (κ3) is 5.31. The van der Waals surface area contributed by atoms with Crippen LogP contribution in [0.2, 0.25) is 0 Å². The van der Waals surface area contributed by atoms with Crippen molar-refractivity contribution >= 4 is 5.97 Å². The number of benzene rings is 2. The third-order valence-corrected chi connectivity index (χ3v) is 5.25. The highest BCUT2D eigenvalue weighted by Gasteiger charge is 2.21. The van der Waals surface area contributed by atoms with E-state index in [9.17, 15) is 4.79 Å². The number of nitriles is 1. The normalized spacial score (nSPS) is 19.3. The smallest absolute Gasteiger partial charge is 0.343 e. The molecule has 4 nitrogen and oxygen atoms in total. The van der Waals surface area contributed by atoms with E-state index in [1.54, 1.807) is 31.4 Å². The molecule has 28 heavy (non-hydrogen) atoms. The van der Waals surface area contributed by atoms with Crippen molar-refractivity contribution in [1.82, 2.24) is 0 Å². The van der Waals surface area contributed by atoms with Crippen LogP contribution in [0, 0.1) is 17.2 Å². The lowest BCUT2D eigenvalue weighted by Crippen LogP contribution is -2.12. The summed E-state index contributed by atoms with van der Waals surface area (Å²) in [5.41, 5.74) is 2.35.